The van der Waals surface area contributed by atoms with E-state index in [-0.39, 0.29) is 37.0 Å². The number of nitrogens with zero attached hydrogens (tertiary/aromatic N) is 1. The maximum absolute atomic E-state index is 12.0. The van der Waals surface area contributed by atoms with Crippen LogP contribution in [0.4, 0.5) is 4.79 Å². The summed E-state index contributed by atoms with van der Waals surface area (Å²) in [6.45, 7) is 0.806. The van der Waals surface area contributed by atoms with Crippen LogP contribution in [0.5, 0.6) is 0 Å². The van der Waals surface area contributed by atoms with Gasteiger partial charge >= 0.3 is 6.03 Å². The molecule has 0 aromatic carbocycles. The van der Waals surface area contributed by atoms with Gasteiger partial charge < -0.3 is 16.4 Å². The van der Waals surface area contributed by atoms with E-state index < -0.39 is 0 Å². The molecule has 0 radical (unpaired) electrons. The molecule has 2 rings (SSSR count). The molecule has 2 fully saturated rings. The number of carbonyl (C=O) groups is 3. The van der Waals surface area contributed by atoms with E-state index >= 15 is 0 Å². The number of nitrogens with one attached hydrogen (secondary N) is 2. The minimum absolute atomic E-state index is 0.0458. The average molecular weight is 310 g/mol. The van der Waals surface area contributed by atoms with E-state index in [0.717, 1.165) is 17.7 Å². The molecule has 0 aromatic heterocycles. The third-order valence-electron chi connectivity index (χ3n) is 4.54. The van der Waals surface area contributed by atoms with Gasteiger partial charge in [0.25, 0.3) is 0 Å². The Balaban J connectivity index is 1.70. The minimum Gasteiger partial charge on any atom is -0.352 e. The van der Waals surface area contributed by atoms with Gasteiger partial charge in [-0.1, -0.05) is 19.3 Å². The maximum Gasteiger partial charge on any atom is 0.324 e. The van der Waals surface area contributed by atoms with Crippen LogP contribution in [0.1, 0.15) is 44.9 Å². The summed E-state index contributed by atoms with van der Waals surface area (Å²) >= 11 is 0. The van der Waals surface area contributed by atoms with Crippen LogP contribution >= 0.6 is 0 Å². The lowest BCUT2D eigenvalue weighted by Gasteiger charge is -2.30. The highest BCUT2D eigenvalue weighted by molar-refractivity contribution is 6.01. The molecule has 1 aliphatic carbocycles. The highest BCUT2D eigenvalue weighted by Crippen LogP contribution is 2.26. The number of carbonyl (C=O) groups excluding carboxylic acids is 3. The lowest BCUT2D eigenvalue weighted by atomic mass is 9.84. The zero-order chi connectivity index (χ0) is 15.9. The fourth-order valence-corrected chi connectivity index (χ4v) is 3.26. The predicted octanol–water partition coefficient (Wildman–Crippen LogP) is 0.342. The zero-order valence-electron chi connectivity index (χ0n) is 13.0. The van der Waals surface area contributed by atoms with Crippen molar-refractivity contribution in [3.8, 4) is 0 Å². The van der Waals surface area contributed by atoms with Crippen LogP contribution in [0.3, 0.4) is 0 Å². The fourth-order valence-electron chi connectivity index (χ4n) is 3.26. The van der Waals surface area contributed by atoms with Gasteiger partial charge in [0.2, 0.25) is 11.8 Å². The number of rotatable bonds is 7. The normalized spacial score (nSPS) is 20.9. The quantitative estimate of drug-likeness (QED) is 0.590. The van der Waals surface area contributed by atoms with Gasteiger partial charge in [0, 0.05) is 25.6 Å². The molecular formula is C15H26N4O3. The summed E-state index contributed by atoms with van der Waals surface area (Å²) in [5, 5.41) is 5.48. The van der Waals surface area contributed by atoms with Crippen LogP contribution in [0.15, 0.2) is 0 Å². The molecule has 4 amide bonds. The molecule has 1 atom stereocenters. The van der Waals surface area contributed by atoms with Crippen molar-refractivity contribution in [3.63, 3.8) is 0 Å². The predicted molar refractivity (Wildman–Crippen MR) is 81.9 cm³/mol. The Hall–Kier alpha value is -1.63. The second-order valence-corrected chi connectivity index (χ2v) is 6.12. The molecule has 1 aliphatic heterocycles. The van der Waals surface area contributed by atoms with Crippen LogP contribution in [0.25, 0.3) is 0 Å². The van der Waals surface area contributed by atoms with E-state index in [1.165, 1.54) is 19.3 Å². The molecule has 0 spiro atoms. The Labute approximate surface area is 131 Å². The van der Waals surface area contributed by atoms with Crippen molar-refractivity contribution >= 4 is 17.8 Å². The first-order valence-corrected chi connectivity index (χ1v) is 8.19. The Morgan fingerprint density at radius 2 is 2.05 bits per heavy atom. The molecule has 7 heteroatoms. The molecule has 22 heavy (non-hydrogen) atoms. The molecule has 7 nitrogen and oxygen atoms in total. The highest BCUT2D eigenvalue weighted by atomic mass is 16.2. The number of urea groups is 1. The van der Waals surface area contributed by atoms with Crippen molar-refractivity contribution in [2.75, 3.05) is 19.6 Å². The van der Waals surface area contributed by atoms with E-state index in [1.54, 1.807) is 0 Å². The van der Waals surface area contributed by atoms with Crippen LogP contribution in [0, 0.1) is 5.92 Å². The molecule has 1 heterocycles. The number of hydrogen-bond donors (Lipinski definition) is 3. The van der Waals surface area contributed by atoms with Gasteiger partial charge in [0.15, 0.2) is 0 Å². The first kappa shape index (κ1) is 16.7. The Morgan fingerprint density at radius 3 is 2.64 bits per heavy atom. The van der Waals surface area contributed by atoms with E-state index in [0.29, 0.717) is 25.3 Å². The van der Waals surface area contributed by atoms with Crippen molar-refractivity contribution in [1.82, 2.24) is 15.5 Å². The van der Waals surface area contributed by atoms with E-state index in [4.69, 9.17) is 5.73 Å². The van der Waals surface area contributed by atoms with Crippen molar-refractivity contribution in [2.45, 2.75) is 51.0 Å². The van der Waals surface area contributed by atoms with Crippen LogP contribution in [0.2, 0.25) is 0 Å². The lowest BCUT2D eigenvalue weighted by molar-refractivity contribution is -0.126. The van der Waals surface area contributed by atoms with Gasteiger partial charge in [-0.05, 0) is 25.2 Å². The fraction of sp³-hybridized carbons (Fsp3) is 0.800. The molecule has 124 valence electrons. The maximum atomic E-state index is 12.0. The summed E-state index contributed by atoms with van der Waals surface area (Å²) in [5.41, 5.74) is 5.80. The summed E-state index contributed by atoms with van der Waals surface area (Å²) in [5.74, 6) is 0.203. The number of imide groups is 1. The first-order chi connectivity index (χ1) is 10.6. The Morgan fingerprint density at radius 1 is 1.32 bits per heavy atom. The van der Waals surface area contributed by atoms with E-state index in [1.807, 2.05) is 0 Å². The molecule has 1 saturated carbocycles. The van der Waals surface area contributed by atoms with Gasteiger partial charge in [-0.25, -0.2) is 4.79 Å². The summed E-state index contributed by atoms with van der Waals surface area (Å²) in [6, 6.07) is -0.322. The molecule has 1 unspecified atom stereocenters. The molecule has 2 aliphatic rings. The van der Waals surface area contributed by atoms with Crippen LogP contribution in [-0.2, 0) is 9.59 Å². The number of nitrogens with two attached hydrogens (primary N) is 1. The molecule has 1 saturated heterocycles. The second kappa shape index (κ2) is 8.12. The minimum atomic E-state index is -0.368. The summed E-state index contributed by atoms with van der Waals surface area (Å²) in [6.07, 6.45) is 6.74. The van der Waals surface area contributed by atoms with Gasteiger partial charge in [0.05, 0.1) is 6.54 Å². The largest absolute Gasteiger partial charge is 0.352 e. The Bertz CT molecular complexity index is 405. The van der Waals surface area contributed by atoms with Crippen molar-refractivity contribution in [1.29, 1.82) is 0 Å². The highest BCUT2D eigenvalue weighted by Gasteiger charge is 2.28. The Kier molecular flexibility index (Phi) is 6.18. The summed E-state index contributed by atoms with van der Waals surface area (Å²) < 4.78 is 0. The SMILES string of the molecule is NCC(NC(=O)CCCN1C(=O)CNC1=O)C1CCCCC1. The van der Waals surface area contributed by atoms with Gasteiger partial charge in [-0.3, -0.25) is 14.5 Å². The number of amides is 4. The van der Waals surface area contributed by atoms with Crippen molar-refractivity contribution in [2.24, 2.45) is 11.7 Å². The molecule has 4 N–H and O–H groups in total. The average Bonchev–Trinajstić information content (AvgIpc) is 2.85. The third kappa shape index (κ3) is 4.43. The summed E-state index contributed by atoms with van der Waals surface area (Å²) in [7, 11) is 0. The molecule has 0 aromatic rings. The standard InChI is InChI=1S/C15H26N4O3/c16-9-12(11-5-2-1-3-6-11)18-13(20)7-4-8-19-14(21)10-17-15(19)22/h11-12H,1-10,16H2,(H,17,22)(H,18,20). The van der Waals surface area contributed by atoms with Crippen molar-refractivity contribution in [3.05, 3.63) is 0 Å². The monoisotopic (exact) mass is 310 g/mol. The lowest BCUT2D eigenvalue weighted by Crippen LogP contribution is -2.46. The van der Waals surface area contributed by atoms with Gasteiger partial charge in [-0.2, -0.15) is 0 Å². The smallest absolute Gasteiger partial charge is 0.324 e. The molecule has 0 bridgehead atoms. The number of hydrogen-bond acceptors (Lipinski definition) is 4. The van der Waals surface area contributed by atoms with Crippen molar-refractivity contribution < 1.29 is 14.4 Å². The second-order valence-electron chi connectivity index (χ2n) is 6.12. The van der Waals surface area contributed by atoms with E-state index in [2.05, 4.69) is 10.6 Å². The topological polar surface area (TPSA) is 105 Å². The summed E-state index contributed by atoms with van der Waals surface area (Å²) in [4.78, 5) is 36.0. The third-order valence-corrected chi connectivity index (χ3v) is 4.54. The first-order valence-electron chi connectivity index (χ1n) is 8.19. The van der Waals surface area contributed by atoms with Gasteiger partial charge in [0.1, 0.15) is 0 Å². The van der Waals surface area contributed by atoms with Gasteiger partial charge in [-0.15, -0.1) is 0 Å². The van der Waals surface area contributed by atoms with Crippen LogP contribution < -0.4 is 16.4 Å². The zero-order valence-corrected chi connectivity index (χ0v) is 13.0. The van der Waals surface area contributed by atoms with Crippen LogP contribution in [-0.4, -0.2) is 48.4 Å². The van der Waals surface area contributed by atoms with E-state index in [9.17, 15) is 14.4 Å². The molecular weight excluding hydrogens is 284 g/mol.